The van der Waals surface area contributed by atoms with Crippen molar-refractivity contribution < 1.29 is 14.3 Å². The van der Waals surface area contributed by atoms with E-state index in [2.05, 4.69) is 4.74 Å². The molecule has 4 heteroatoms. The number of nitrogens with zero attached hydrogens (tertiary/aromatic N) is 1. The molecule has 0 spiro atoms. The van der Waals surface area contributed by atoms with Crippen molar-refractivity contribution in [3.05, 3.63) is 30.3 Å². The average molecular weight is 235 g/mol. The molecular formula is C13H17NO3. The van der Waals surface area contributed by atoms with Crippen LogP contribution >= 0.6 is 0 Å². The summed E-state index contributed by atoms with van der Waals surface area (Å²) in [6.07, 6.45) is 1.15. The first-order chi connectivity index (χ1) is 8.15. The average Bonchev–Trinajstić information content (AvgIpc) is 2.38. The fourth-order valence-corrected chi connectivity index (χ4v) is 1.45. The lowest BCUT2D eigenvalue weighted by Crippen LogP contribution is -2.25. The second-order valence-corrected chi connectivity index (χ2v) is 3.72. The number of esters is 1. The second-order valence-electron chi connectivity index (χ2n) is 3.72. The normalized spacial score (nSPS) is 9.76. The zero-order valence-corrected chi connectivity index (χ0v) is 10.2. The SMILES string of the molecule is COC(=O)CCCC(=O)N(C)c1ccccc1. The van der Waals surface area contributed by atoms with Crippen LogP contribution in [0.25, 0.3) is 0 Å². The van der Waals surface area contributed by atoms with Crippen molar-refractivity contribution in [2.45, 2.75) is 19.3 Å². The van der Waals surface area contributed by atoms with E-state index >= 15 is 0 Å². The van der Waals surface area contributed by atoms with Crippen LogP contribution in [0.1, 0.15) is 19.3 Å². The highest BCUT2D eigenvalue weighted by Gasteiger charge is 2.11. The van der Waals surface area contributed by atoms with Gasteiger partial charge < -0.3 is 9.64 Å². The van der Waals surface area contributed by atoms with E-state index in [0.29, 0.717) is 12.8 Å². The highest BCUT2D eigenvalue weighted by molar-refractivity contribution is 5.92. The minimum absolute atomic E-state index is 0.0000954. The summed E-state index contributed by atoms with van der Waals surface area (Å²) in [5, 5.41) is 0. The van der Waals surface area contributed by atoms with Gasteiger partial charge in [0.1, 0.15) is 0 Å². The number of benzene rings is 1. The Morgan fingerprint density at radius 1 is 1.18 bits per heavy atom. The van der Waals surface area contributed by atoms with Crippen molar-refractivity contribution in [1.82, 2.24) is 0 Å². The fraction of sp³-hybridized carbons (Fsp3) is 0.385. The summed E-state index contributed by atoms with van der Waals surface area (Å²) in [6.45, 7) is 0. The van der Waals surface area contributed by atoms with Gasteiger partial charge in [-0.2, -0.15) is 0 Å². The second kappa shape index (κ2) is 6.68. The number of carbonyl (C=O) groups excluding carboxylic acids is 2. The lowest BCUT2D eigenvalue weighted by molar-refractivity contribution is -0.140. The first-order valence-corrected chi connectivity index (χ1v) is 5.53. The molecule has 0 aliphatic carbocycles. The largest absolute Gasteiger partial charge is 0.469 e. The Labute approximate surface area is 101 Å². The number of hydrogen-bond acceptors (Lipinski definition) is 3. The Bertz CT molecular complexity index is 376. The molecule has 1 amide bonds. The van der Waals surface area contributed by atoms with E-state index in [1.54, 1.807) is 11.9 Å². The summed E-state index contributed by atoms with van der Waals surface area (Å²) in [4.78, 5) is 24.3. The van der Waals surface area contributed by atoms with E-state index in [1.165, 1.54) is 7.11 Å². The molecule has 0 saturated carbocycles. The molecule has 1 aromatic carbocycles. The van der Waals surface area contributed by atoms with Gasteiger partial charge in [0.15, 0.2) is 0 Å². The molecule has 4 nitrogen and oxygen atoms in total. The quantitative estimate of drug-likeness (QED) is 0.733. The van der Waals surface area contributed by atoms with E-state index in [0.717, 1.165) is 5.69 Å². The number of methoxy groups -OCH3 is 1. The molecule has 0 aliphatic heterocycles. The Hall–Kier alpha value is -1.84. The van der Waals surface area contributed by atoms with Crippen LogP contribution in [0, 0.1) is 0 Å². The van der Waals surface area contributed by atoms with Crippen molar-refractivity contribution in [3.8, 4) is 0 Å². The van der Waals surface area contributed by atoms with E-state index in [1.807, 2.05) is 30.3 Å². The predicted molar refractivity (Wildman–Crippen MR) is 65.7 cm³/mol. The number of hydrogen-bond donors (Lipinski definition) is 0. The Morgan fingerprint density at radius 3 is 2.41 bits per heavy atom. The van der Waals surface area contributed by atoms with Gasteiger partial charge >= 0.3 is 5.97 Å². The molecule has 0 aromatic heterocycles. The molecule has 0 saturated heterocycles. The molecule has 0 fully saturated rings. The number of ether oxygens (including phenoxy) is 1. The zero-order chi connectivity index (χ0) is 12.7. The van der Waals surface area contributed by atoms with Crippen molar-refractivity contribution in [1.29, 1.82) is 0 Å². The molecule has 0 atom stereocenters. The summed E-state index contributed by atoms with van der Waals surface area (Å²) < 4.78 is 4.51. The summed E-state index contributed by atoms with van der Waals surface area (Å²) in [5.41, 5.74) is 0.857. The van der Waals surface area contributed by atoms with Gasteiger partial charge in [-0.1, -0.05) is 18.2 Å². The maximum atomic E-state index is 11.8. The summed E-state index contributed by atoms with van der Waals surface area (Å²) in [7, 11) is 3.08. The third-order valence-electron chi connectivity index (χ3n) is 2.52. The van der Waals surface area contributed by atoms with Crippen molar-refractivity contribution in [2.75, 3.05) is 19.1 Å². The van der Waals surface area contributed by atoms with Crippen molar-refractivity contribution in [2.24, 2.45) is 0 Å². The topological polar surface area (TPSA) is 46.6 Å². The third-order valence-corrected chi connectivity index (χ3v) is 2.52. The maximum absolute atomic E-state index is 11.8. The van der Waals surface area contributed by atoms with Gasteiger partial charge in [-0.15, -0.1) is 0 Å². The van der Waals surface area contributed by atoms with E-state index in [9.17, 15) is 9.59 Å². The van der Waals surface area contributed by atoms with Crippen LogP contribution in [-0.4, -0.2) is 26.0 Å². The molecule has 17 heavy (non-hydrogen) atoms. The zero-order valence-electron chi connectivity index (χ0n) is 10.2. The van der Waals surface area contributed by atoms with Crippen LogP contribution in [0.4, 0.5) is 5.69 Å². The van der Waals surface area contributed by atoms with E-state index in [-0.39, 0.29) is 18.3 Å². The molecule has 0 unspecified atom stereocenters. The lowest BCUT2D eigenvalue weighted by Gasteiger charge is -2.16. The van der Waals surface area contributed by atoms with Crippen LogP contribution in [-0.2, 0) is 14.3 Å². The highest BCUT2D eigenvalue weighted by Crippen LogP contribution is 2.13. The molecule has 0 heterocycles. The minimum atomic E-state index is -0.278. The Balaban J connectivity index is 2.40. The molecular weight excluding hydrogens is 218 g/mol. The first-order valence-electron chi connectivity index (χ1n) is 5.53. The van der Waals surface area contributed by atoms with Gasteiger partial charge in [0.2, 0.25) is 5.91 Å². The highest BCUT2D eigenvalue weighted by atomic mass is 16.5. The number of amides is 1. The van der Waals surface area contributed by atoms with Crippen LogP contribution in [0.5, 0.6) is 0 Å². The molecule has 1 aromatic rings. The number of anilines is 1. The predicted octanol–water partition coefficient (Wildman–Crippen LogP) is 1.99. The number of rotatable bonds is 5. The molecule has 0 radical (unpaired) electrons. The van der Waals surface area contributed by atoms with Gasteiger partial charge in [-0.3, -0.25) is 9.59 Å². The van der Waals surface area contributed by atoms with Crippen LogP contribution in [0.2, 0.25) is 0 Å². The van der Waals surface area contributed by atoms with Crippen LogP contribution in [0.15, 0.2) is 30.3 Å². The third kappa shape index (κ3) is 4.26. The fourth-order valence-electron chi connectivity index (χ4n) is 1.45. The van der Waals surface area contributed by atoms with Gasteiger partial charge in [0.25, 0.3) is 0 Å². The molecule has 1 rings (SSSR count). The van der Waals surface area contributed by atoms with E-state index < -0.39 is 0 Å². The van der Waals surface area contributed by atoms with Gasteiger partial charge in [-0.25, -0.2) is 0 Å². The van der Waals surface area contributed by atoms with Gasteiger partial charge in [-0.05, 0) is 18.6 Å². The summed E-state index contributed by atoms with van der Waals surface area (Å²) >= 11 is 0. The lowest BCUT2D eigenvalue weighted by atomic mass is 10.2. The molecule has 92 valence electrons. The van der Waals surface area contributed by atoms with Crippen LogP contribution < -0.4 is 4.90 Å². The van der Waals surface area contributed by atoms with Gasteiger partial charge in [0.05, 0.1) is 7.11 Å². The van der Waals surface area contributed by atoms with Crippen molar-refractivity contribution in [3.63, 3.8) is 0 Å². The standard InChI is InChI=1S/C13H17NO3/c1-14(11-7-4-3-5-8-11)12(15)9-6-10-13(16)17-2/h3-5,7-8H,6,9-10H2,1-2H3. The molecule has 0 bridgehead atoms. The smallest absolute Gasteiger partial charge is 0.305 e. The number of para-hydroxylation sites is 1. The Morgan fingerprint density at radius 2 is 1.82 bits per heavy atom. The van der Waals surface area contributed by atoms with Crippen LogP contribution in [0.3, 0.4) is 0 Å². The molecule has 0 N–H and O–H groups in total. The number of carbonyl (C=O) groups is 2. The van der Waals surface area contributed by atoms with Gasteiger partial charge in [0, 0.05) is 25.6 Å². The van der Waals surface area contributed by atoms with E-state index in [4.69, 9.17) is 0 Å². The first kappa shape index (κ1) is 13.2. The minimum Gasteiger partial charge on any atom is -0.469 e. The molecule has 0 aliphatic rings. The maximum Gasteiger partial charge on any atom is 0.305 e. The summed E-state index contributed by atoms with van der Waals surface area (Å²) in [5.74, 6) is -0.278. The monoisotopic (exact) mass is 235 g/mol. The van der Waals surface area contributed by atoms with Crippen molar-refractivity contribution >= 4 is 17.6 Å². The summed E-state index contributed by atoms with van der Waals surface area (Å²) in [6, 6.07) is 9.41. The Kier molecular flexibility index (Phi) is 5.20.